The number of carbonyl (C=O) groups is 4. The number of rotatable bonds is 13. The summed E-state index contributed by atoms with van der Waals surface area (Å²) < 4.78 is 37.3. The lowest BCUT2D eigenvalue weighted by Gasteiger charge is -2.23. The molecule has 1 saturated heterocycles. The van der Waals surface area contributed by atoms with E-state index in [-0.39, 0.29) is 30.4 Å². The summed E-state index contributed by atoms with van der Waals surface area (Å²) in [7, 11) is -4.50. The molecular formula is C24H28N3O10S-. The summed E-state index contributed by atoms with van der Waals surface area (Å²) in [5, 5.41) is 3.24. The SMILES string of the molecule is CCN(CCCCCC(=O)ON1C(=O)CCC1=O)c1ccc2cc(C(=O)NCCS(=O)(=O)[O-])c(=O)oc2c1. The van der Waals surface area contributed by atoms with Crippen molar-refractivity contribution in [3.05, 3.63) is 40.2 Å². The molecule has 206 valence electrons. The molecule has 1 aromatic carbocycles. The van der Waals surface area contributed by atoms with Gasteiger partial charge in [0.25, 0.3) is 17.7 Å². The summed E-state index contributed by atoms with van der Waals surface area (Å²) in [6.45, 7) is 2.83. The molecule has 0 saturated carbocycles. The Bertz CT molecular complexity index is 1370. The number of hydrogen-bond acceptors (Lipinski definition) is 11. The van der Waals surface area contributed by atoms with Crippen molar-refractivity contribution in [3.8, 4) is 0 Å². The second-order valence-corrected chi connectivity index (χ2v) is 10.1. The quantitative estimate of drug-likeness (QED) is 0.163. The molecule has 3 amide bonds. The first-order valence-corrected chi connectivity index (χ1v) is 13.7. The average molecular weight is 551 g/mol. The van der Waals surface area contributed by atoms with Gasteiger partial charge >= 0.3 is 11.6 Å². The first kappa shape index (κ1) is 28.8. The van der Waals surface area contributed by atoms with E-state index in [0.29, 0.717) is 36.4 Å². The maximum absolute atomic E-state index is 12.3. The van der Waals surface area contributed by atoms with Crippen LogP contribution in [-0.4, -0.2) is 67.1 Å². The van der Waals surface area contributed by atoms with Crippen molar-refractivity contribution in [3.63, 3.8) is 0 Å². The number of fused-ring (bicyclic) bond motifs is 1. The highest BCUT2D eigenvalue weighted by Gasteiger charge is 2.32. The van der Waals surface area contributed by atoms with Crippen molar-refractivity contribution in [1.29, 1.82) is 0 Å². The van der Waals surface area contributed by atoms with Gasteiger partial charge in [0.2, 0.25) is 0 Å². The zero-order valence-electron chi connectivity index (χ0n) is 20.8. The van der Waals surface area contributed by atoms with E-state index in [9.17, 15) is 36.9 Å². The maximum atomic E-state index is 12.3. The van der Waals surface area contributed by atoms with Gasteiger partial charge in [0, 0.05) is 56.0 Å². The minimum absolute atomic E-state index is 0.0470. The van der Waals surface area contributed by atoms with E-state index in [1.54, 1.807) is 18.2 Å². The van der Waals surface area contributed by atoms with Crippen LogP contribution in [0.15, 0.2) is 33.5 Å². The second-order valence-electron chi connectivity index (χ2n) is 8.62. The van der Waals surface area contributed by atoms with E-state index in [1.165, 1.54) is 6.07 Å². The highest BCUT2D eigenvalue weighted by Crippen LogP contribution is 2.23. The minimum atomic E-state index is -4.50. The monoisotopic (exact) mass is 550 g/mol. The van der Waals surface area contributed by atoms with Gasteiger partial charge in [-0.3, -0.25) is 14.4 Å². The maximum Gasteiger partial charge on any atom is 0.349 e. The van der Waals surface area contributed by atoms with E-state index in [0.717, 1.165) is 12.1 Å². The van der Waals surface area contributed by atoms with Gasteiger partial charge in [-0.15, -0.1) is 5.06 Å². The third kappa shape index (κ3) is 7.86. The van der Waals surface area contributed by atoms with E-state index >= 15 is 0 Å². The molecule has 13 nitrogen and oxygen atoms in total. The smallest absolute Gasteiger partial charge is 0.349 e. The van der Waals surface area contributed by atoms with Crippen molar-refractivity contribution >= 4 is 50.5 Å². The number of nitrogens with one attached hydrogen (secondary N) is 1. The van der Waals surface area contributed by atoms with Crippen LogP contribution in [0, 0.1) is 0 Å². The molecule has 1 aromatic heterocycles. The number of carbonyl (C=O) groups excluding carboxylic acids is 4. The number of hydroxylamine groups is 2. The molecule has 14 heteroatoms. The van der Waals surface area contributed by atoms with Gasteiger partial charge in [-0.1, -0.05) is 6.42 Å². The number of nitrogens with zero attached hydrogens (tertiary/aromatic N) is 2. The van der Waals surface area contributed by atoms with Crippen molar-refractivity contribution < 1.29 is 41.4 Å². The fourth-order valence-electron chi connectivity index (χ4n) is 3.86. The molecule has 1 fully saturated rings. The van der Waals surface area contributed by atoms with Crippen LogP contribution in [0.25, 0.3) is 11.0 Å². The highest BCUT2D eigenvalue weighted by atomic mass is 32.2. The fourth-order valence-corrected chi connectivity index (χ4v) is 4.22. The molecule has 0 aliphatic carbocycles. The van der Waals surface area contributed by atoms with E-state index in [4.69, 9.17) is 9.25 Å². The summed E-state index contributed by atoms with van der Waals surface area (Å²) in [4.78, 5) is 66.3. The molecule has 0 atom stereocenters. The molecule has 38 heavy (non-hydrogen) atoms. The zero-order chi connectivity index (χ0) is 27.9. The molecule has 3 rings (SSSR count). The standard InChI is InChI=1S/C24H29N3O10S/c1-2-26(12-5-3-4-6-22(30)37-27-20(28)9-10-21(27)29)17-8-7-16-14-18(24(32)36-19(16)15-17)23(31)25-11-13-38(33,34)35/h7-8,14-15H,2-6,9-13H2,1H3,(H,25,31)(H,33,34,35)/p-1. The molecule has 1 aliphatic rings. The second kappa shape index (κ2) is 12.6. The van der Waals surface area contributed by atoms with Crippen molar-refractivity contribution in [2.75, 3.05) is 30.3 Å². The van der Waals surface area contributed by atoms with Crippen LogP contribution in [0.5, 0.6) is 0 Å². The predicted molar refractivity (Wildman–Crippen MR) is 133 cm³/mol. The number of benzene rings is 1. The van der Waals surface area contributed by atoms with Crippen LogP contribution < -0.4 is 15.8 Å². The van der Waals surface area contributed by atoms with E-state index < -0.39 is 51.7 Å². The van der Waals surface area contributed by atoms with Gasteiger partial charge in [-0.25, -0.2) is 18.0 Å². The summed E-state index contributed by atoms with van der Waals surface area (Å²) in [6.07, 6.45) is 2.12. The number of amides is 3. The fraction of sp³-hybridized carbons (Fsp3) is 0.458. The summed E-state index contributed by atoms with van der Waals surface area (Å²) in [5.74, 6) is -3.29. The highest BCUT2D eigenvalue weighted by molar-refractivity contribution is 7.85. The molecule has 2 heterocycles. The van der Waals surface area contributed by atoms with Gasteiger partial charge in [-0.05, 0) is 38.0 Å². The summed E-state index contributed by atoms with van der Waals surface area (Å²) in [6, 6.07) is 6.50. The van der Waals surface area contributed by atoms with Gasteiger partial charge < -0.3 is 24.0 Å². The van der Waals surface area contributed by atoms with Crippen LogP contribution in [-0.2, 0) is 29.3 Å². The lowest BCUT2D eigenvalue weighted by atomic mass is 10.1. The van der Waals surface area contributed by atoms with E-state index in [1.807, 2.05) is 11.8 Å². The lowest BCUT2D eigenvalue weighted by molar-refractivity contribution is -0.197. The minimum Gasteiger partial charge on any atom is -0.748 e. The molecule has 0 bridgehead atoms. The first-order valence-electron chi connectivity index (χ1n) is 12.1. The van der Waals surface area contributed by atoms with Crippen molar-refractivity contribution in [2.45, 2.75) is 45.4 Å². The zero-order valence-corrected chi connectivity index (χ0v) is 21.6. The van der Waals surface area contributed by atoms with Crippen LogP contribution in [0.3, 0.4) is 0 Å². The largest absolute Gasteiger partial charge is 0.748 e. The van der Waals surface area contributed by atoms with Gasteiger partial charge in [0.1, 0.15) is 11.1 Å². The Morgan fingerprint density at radius 1 is 1.11 bits per heavy atom. The number of hydrogen-bond donors (Lipinski definition) is 1. The molecular weight excluding hydrogens is 522 g/mol. The average Bonchev–Trinajstić information content (AvgIpc) is 3.16. The van der Waals surface area contributed by atoms with Crippen LogP contribution in [0.4, 0.5) is 5.69 Å². The van der Waals surface area contributed by atoms with Crippen LogP contribution in [0.2, 0.25) is 0 Å². The van der Waals surface area contributed by atoms with E-state index in [2.05, 4.69) is 5.32 Å². The molecule has 2 aromatic rings. The Labute approximate surface area is 218 Å². The number of imide groups is 1. The third-order valence-electron chi connectivity index (χ3n) is 5.86. The molecule has 0 spiro atoms. The van der Waals surface area contributed by atoms with Crippen LogP contribution in [0.1, 0.15) is 55.8 Å². The molecule has 0 radical (unpaired) electrons. The molecule has 1 aliphatic heterocycles. The Morgan fingerprint density at radius 2 is 1.82 bits per heavy atom. The Hall–Kier alpha value is -3.78. The number of unbranched alkanes of at least 4 members (excludes halogenated alkanes) is 2. The Kier molecular flexibility index (Phi) is 9.58. The van der Waals surface area contributed by atoms with Crippen molar-refractivity contribution in [2.24, 2.45) is 0 Å². The normalized spacial score (nSPS) is 13.7. The van der Waals surface area contributed by atoms with Crippen molar-refractivity contribution in [1.82, 2.24) is 10.4 Å². The van der Waals surface area contributed by atoms with Gasteiger partial charge in [-0.2, -0.15) is 0 Å². The topological polar surface area (TPSA) is 183 Å². The Morgan fingerprint density at radius 3 is 2.47 bits per heavy atom. The summed E-state index contributed by atoms with van der Waals surface area (Å²) in [5.41, 5.74) is -0.160. The Balaban J connectivity index is 1.52. The number of anilines is 1. The molecule has 0 unspecified atom stereocenters. The lowest BCUT2D eigenvalue weighted by Crippen LogP contribution is -2.32. The van der Waals surface area contributed by atoms with Gasteiger partial charge in [0.15, 0.2) is 0 Å². The summed E-state index contributed by atoms with van der Waals surface area (Å²) >= 11 is 0. The molecule has 1 N–H and O–H groups in total. The van der Waals surface area contributed by atoms with Crippen LogP contribution >= 0.6 is 0 Å². The third-order valence-corrected chi connectivity index (χ3v) is 6.56. The van der Waals surface area contributed by atoms with Gasteiger partial charge in [0.05, 0.1) is 15.9 Å². The predicted octanol–water partition coefficient (Wildman–Crippen LogP) is 1.06. The first-order chi connectivity index (χ1) is 18.0.